The van der Waals surface area contributed by atoms with Crippen LogP contribution < -0.4 is 11.1 Å². The molecule has 0 heterocycles. The molecule has 0 spiro atoms. The number of aryl methyl sites for hydroxylation is 1. The van der Waals surface area contributed by atoms with E-state index in [1.165, 1.54) is 5.56 Å². The van der Waals surface area contributed by atoms with E-state index in [9.17, 15) is 4.79 Å². The van der Waals surface area contributed by atoms with Crippen molar-refractivity contribution >= 4 is 5.91 Å². The highest BCUT2D eigenvalue weighted by Gasteiger charge is 2.28. The Hall–Kier alpha value is -1.35. The number of rotatable bonds is 3. The van der Waals surface area contributed by atoms with Crippen molar-refractivity contribution in [2.75, 3.05) is 0 Å². The van der Waals surface area contributed by atoms with Crippen molar-refractivity contribution in [1.29, 1.82) is 0 Å². The van der Waals surface area contributed by atoms with Gasteiger partial charge >= 0.3 is 0 Å². The molecular weight excluding hydrogens is 224 g/mol. The molecule has 1 aliphatic carbocycles. The Kier molecular flexibility index (Phi) is 4.02. The summed E-state index contributed by atoms with van der Waals surface area (Å²) < 4.78 is 0. The highest BCUT2D eigenvalue weighted by molar-refractivity contribution is 5.79. The minimum absolute atomic E-state index is 0.0641. The lowest BCUT2D eigenvalue weighted by Gasteiger charge is -2.17. The van der Waals surface area contributed by atoms with Crippen LogP contribution >= 0.6 is 0 Å². The molecule has 18 heavy (non-hydrogen) atoms. The molecule has 1 amide bonds. The SMILES string of the molecule is Cc1cccc([C@H](C)NC(=O)C2CCC(N)C2)c1. The molecule has 3 N–H and O–H groups in total. The minimum Gasteiger partial charge on any atom is -0.349 e. The summed E-state index contributed by atoms with van der Waals surface area (Å²) in [5.74, 6) is 0.254. The number of benzene rings is 1. The number of amides is 1. The third-order valence-electron chi connectivity index (χ3n) is 3.74. The molecular formula is C15H22N2O. The van der Waals surface area contributed by atoms with Crippen LogP contribution in [-0.2, 0) is 4.79 Å². The van der Waals surface area contributed by atoms with E-state index in [1.807, 2.05) is 13.0 Å². The third kappa shape index (κ3) is 3.10. The Morgan fingerprint density at radius 3 is 2.83 bits per heavy atom. The fourth-order valence-electron chi connectivity index (χ4n) is 2.61. The van der Waals surface area contributed by atoms with E-state index in [0.29, 0.717) is 0 Å². The molecule has 0 aliphatic heterocycles. The van der Waals surface area contributed by atoms with Crippen molar-refractivity contribution < 1.29 is 4.79 Å². The smallest absolute Gasteiger partial charge is 0.223 e. The van der Waals surface area contributed by atoms with Crippen LogP contribution in [0, 0.1) is 12.8 Å². The lowest BCUT2D eigenvalue weighted by molar-refractivity contribution is -0.125. The van der Waals surface area contributed by atoms with Crippen molar-refractivity contribution in [2.45, 2.75) is 45.2 Å². The fraction of sp³-hybridized carbons (Fsp3) is 0.533. The molecule has 2 rings (SSSR count). The summed E-state index contributed by atoms with van der Waals surface area (Å²) in [5.41, 5.74) is 8.22. The molecule has 0 aromatic heterocycles. The number of hydrogen-bond donors (Lipinski definition) is 2. The van der Waals surface area contributed by atoms with Gasteiger partial charge in [-0.25, -0.2) is 0 Å². The van der Waals surface area contributed by atoms with E-state index in [0.717, 1.165) is 24.8 Å². The maximum atomic E-state index is 12.1. The molecule has 0 radical (unpaired) electrons. The second-order valence-electron chi connectivity index (χ2n) is 5.41. The second kappa shape index (κ2) is 5.53. The largest absolute Gasteiger partial charge is 0.349 e. The Morgan fingerprint density at radius 2 is 2.22 bits per heavy atom. The standard InChI is InChI=1S/C15H22N2O/c1-10-4-3-5-12(8-10)11(2)17-15(18)13-6-7-14(16)9-13/h3-5,8,11,13-14H,6-7,9,16H2,1-2H3,(H,17,18)/t11-,13?,14?/m0/s1. The third-order valence-corrected chi connectivity index (χ3v) is 3.74. The van der Waals surface area contributed by atoms with Crippen molar-refractivity contribution in [3.8, 4) is 0 Å². The molecule has 2 unspecified atom stereocenters. The number of nitrogens with one attached hydrogen (secondary N) is 1. The van der Waals surface area contributed by atoms with Gasteiger partial charge in [0.05, 0.1) is 6.04 Å². The van der Waals surface area contributed by atoms with Gasteiger partial charge in [-0.1, -0.05) is 29.8 Å². The number of hydrogen-bond acceptors (Lipinski definition) is 2. The van der Waals surface area contributed by atoms with Gasteiger partial charge in [0.2, 0.25) is 5.91 Å². The molecule has 1 aliphatic rings. The van der Waals surface area contributed by atoms with Crippen molar-refractivity contribution in [2.24, 2.45) is 11.7 Å². The monoisotopic (exact) mass is 246 g/mol. The minimum atomic E-state index is 0.0641. The Balaban J connectivity index is 1.95. The van der Waals surface area contributed by atoms with Gasteiger partial charge < -0.3 is 11.1 Å². The Bertz CT molecular complexity index is 430. The first-order chi connectivity index (χ1) is 8.56. The molecule has 3 atom stereocenters. The quantitative estimate of drug-likeness (QED) is 0.859. The van der Waals surface area contributed by atoms with Gasteiger partial charge in [0.15, 0.2) is 0 Å². The first kappa shape index (κ1) is 13.1. The highest BCUT2D eigenvalue weighted by Crippen LogP contribution is 2.25. The van der Waals surface area contributed by atoms with Crippen LogP contribution in [0.3, 0.4) is 0 Å². The lowest BCUT2D eigenvalue weighted by Crippen LogP contribution is -2.32. The highest BCUT2D eigenvalue weighted by atomic mass is 16.1. The van der Waals surface area contributed by atoms with Gasteiger partial charge in [-0.15, -0.1) is 0 Å². The summed E-state index contributed by atoms with van der Waals surface area (Å²) in [6.07, 6.45) is 2.72. The molecule has 98 valence electrons. The van der Waals surface area contributed by atoms with Crippen LogP contribution in [0.25, 0.3) is 0 Å². The molecule has 3 nitrogen and oxygen atoms in total. The zero-order valence-electron chi connectivity index (χ0n) is 11.1. The Morgan fingerprint density at radius 1 is 1.44 bits per heavy atom. The zero-order chi connectivity index (χ0) is 13.1. The summed E-state index contributed by atoms with van der Waals surface area (Å²) in [4.78, 5) is 12.1. The summed E-state index contributed by atoms with van der Waals surface area (Å²) in [5, 5.41) is 3.09. The summed E-state index contributed by atoms with van der Waals surface area (Å²) in [7, 11) is 0. The van der Waals surface area contributed by atoms with E-state index >= 15 is 0 Å². The van der Waals surface area contributed by atoms with Gasteiger partial charge in [0, 0.05) is 12.0 Å². The van der Waals surface area contributed by atoms with Crippen molar-refractivity contribution in [1.82, 2.24) is 5.32 Å². The summed E-state index contributed by atoms with van der Waals surface area (Å²) in [6.45, 7) is 4.09. The van der Waals surface area contributed by atoms with Crippen LogP contribution in [-0.4, -0.2) is 11.9 Å². The van der Waals surface area contributed by atoms with Gasteiger partial charge in [-0.3, -0.25) is 4.79 Å². The first-order valence-corrected chi connectivity index (χ1v) is 6.69. The first-order valence-electron chi connectivity index (χ1n) is 6.69. The predicted octanol–water partition coefficient (Wildman–Crippen LogP) is 2.30. The van der Waals surface area contributed by atoms with E-state index < -0.39 is 0 Å². The predicted molar refractivity (Wildman–Crippen MR) is 73.1 cm³/mol. The van der Waals surface area contributed by atoms with Gasteiger partial charge in [0.1, 0.15) is 0 Å². The summed E-state index contributed by atoms with van der Waals surface area (Å²) in [6, 6.07) is 8.53. The molecule has 1 aromatic rings. The van der Waals surface area contributed by atoms with E-state index in [2.05, 4.69) is 30.4 Å². The normalized spacial score (nSPS) is 24.8. The molecule has 0 saturated heterocycles. The van der Waals surface area contributed by atoms with Crippen molar-refractivity contribution in [3.05, 3.63) is 35.4 Å². The van der Waals surface area contributed by atoms with Gasteiger partial charge in [-0.2, -0.15) is 0 Å². The van der Waals surface area contributed by atoms with E-state index in [-0.39, 0.29) is 23.9 Å². The van der Waals surface area contributed by atoms with Crippen LogP contribution in [0.5, 0.6) is 0 Å². The average Bonchev–Trinajstić information content (AvgIpc) is 2.76. The lowest BCUT2D eigenvalue weighted by atomic mass is 10.0. The summed E-state index contributed by atoms with van der Waals surface area (Å²) >= 11 is 0. The fourth-order valence-corrected chi connectivity index (χ4v) is 2.61. The molecule has 1 fully saturated rings. The maximum absolute atomic E-state index is 12.1. The van der Waals surface area contributed by atoms with Crippen LogP contribution in [0.2, 0.25) is 0 Å². The van der Waals surface area contributed by atoms with Crippen LogP contribution in [0.15, 0.2) is 24.3 Å². The van der Waals surface area contributed by atoms with Crippen LogP contribution in [0.4, 0.5) is 0 Å². The van der Waals surface area contributed by atoms with Crippen LogP contribution in [0.1, 0.15) is 43.4 Å². The molecule has 1 saturated carbocycles. The van der Waals surface area contributed by atoms with Gasteiger partial charge in [-0.05, 0) is 38.7 Å². The van der Waals surface area contributed by atoms with E-state index in [4.69, 9.17) is 5.73 Å². The van der Waals surface area contributed by atoms with E-state index in [1.54, 1.807) is 0 Å². The number of nitrogens with two attached hydrogens (primary N) is 1. The van der Waals surface area contributed by atoms with Crippen molar-refractivity contribution in [3.63, 3.8) is 0 Å². The molecule has 0 bridgehead atoms. The number of carbonyl (C=O) groups is 1. The molecule has 1 aromatic carbocycles. The maximum Gasteiger partial charge on any atom is 0.223 e. The van der Waals surface area contributed by atoms with Gasteiger partial charge in [0.25, 0.3) is 0 Å². The molecule has 3 heteroatoms. The Labute approximate surface area is 109 Å². The topological polar surface area (TPSA) is 55.1 Å². The zero-order valence-corrected chi connectivity index (χ0v) is 11.1. The second-order valence-corrected chi connectivity index (χ2v) is 5.41. The average molecular weight is 246 g/mol. The number of carbonyl (C=O) groups excluding carboxylic acids is 1.